The predicted molar refractivity (Wildman–Crippen MR) is 85.6 cm³/mol. The van der Waals surface area contributed by atoms with Gasteiger partial charge in [0, 0.05) is 18.3 Å². The van der Waals surface area contributed by atoms with Gasteiger partial charge >= 0.3 is 5.97 Å². The maximum Gasteiger partial charge on any atom is 0.306 e. The standard InChI is InChI=1S/C20H28O3/c1-19-8-6-13(21)10-12(19)2-3-14-15(19)7-9-20-11-18(22)23-17(20)5-4-16(14)20/h12,14-17H,2-11H2,1H3/t12?,14?,15?,16?,17-,19-,20+/m0/s1. The second-order valence-electron chi connectivity index (χ2n) is 9.40. The minimum Gasteiger partial charge on any atom is -0.462 e. The van der Waals surface area contributed by atoms with Crippen molar-refractivity contribution in [2.24, 2.45) is 34.5 Å². The zero-order valence-electron chi connectivity index (χ0n) is 14.2. The van der Waals surface area contributed by atoms with Crippen LogP contribution in [0.5, 0.6) is 0 Å². The van der Waals surface area contributed by atoms with Crippen molar-refractivity contribution >= 4 is 11.8 Å². The van der Waals surface area contributed by atoms with Crippen molar-refractivity contribution < 1.29 is 14.3 Å². The van der Waals surface area contributed by atoms with E-state index in [1.165, 1.54) is 32.1 Å². The Kier molecular flexibility index (Phi) is 2.90. The molecule has 126 valence electrons. The molecule has 7 atom stereocenters. The molecule has 1 spiro atoms. The second kappa shape index (κ2) is 4.61. The van der Waals surface area contributed by atoms with Crippen molar-refractivity contribution in [3.05, 3.63) is 0 Å². The first-order valence-electron chi connectivity index (χ1n) is 9.74. The number of hydrogen-bond acceptors (Lipinski definition) is 3. The third kappa shape index (κ3) is 1.77. The summed E-state index contributed by atoms with van der Waals surface area (Å²) in [7, 11) is 0. The lowest BCUT2D eigenvalue weighted by molar-refractivity contribution is -0.141. The van der Waals surface area contributed by atoms with Crippen molar-refractivity contribution in [1.29, 1.82) is 0 Å². The van der Waals surface area contributed by atoms with E-state index in [0.717, 1.165) is 37.5 Å². The first-order chi connectivity index (χ1) is 11.0. The average Bonchev–Trinajstić information content (AvgIpc) is 3.00. The number of carbonyl (C=O) groups is 2. The van der Waals surface area contributed by atoms with Crippen LogP contribution in [0, 0.1) is 34.5 Å². The lowest BCUT2D eigenvalue weighted by Gasteiger charge is -2.59. The summed E-state index contributed by atoms with van der Waals surface area (Å²) in [6, 6.07) is 0. The minimum atomic E-state index is 0.0568. The minimum absolute atomic E-state index is 0.0568. The first-order valence-corrected chi connectivity index (χ1v) is 9.74. The Morgan fingerprint density at radius 2 is 1.87 bits per heavy atom. The molecule has 0 aromatic carbocycles. The van der Waals surface area contributed by atoms with E-state index in [0.29, 0.717) is 29.5 Å². The quantitative estimate of drug-likeness (QED) is 0.637. The highest BCUT2D eigenvalue weighted by Crippen LogP contribution is 2.68. The van der Waals surface area contributed by atoms with Gasteiger partial charge in [-0.25, -0.2) is 0 Å². The van der Waals surface area contributed by atoms with Gasteiger partial charge in [-0.2, -0.15) is 0 Å². The lowest BCUT2D eigenvalue weighted by atomic mass is 9.45. The second-order valence-corrected chi connectivity index (χ2v) is 9.40. The van der Waals surface area contributed by atoms with Crippen molar-refractivity contribution in [2.75, 3.05) is 0 Å². The number of Topliss-reactive ketones (excluding diaryl/α,β-unsaturated/α-hetero) is 1. The fraction of sp³-hybridized carbons (Fsp3) is 0.900. The molecule has 3 heteroatoms. The molecule has 23 heavy (non-hydrogen) atoms. The molecule has 5 fully saturated rings. The van der Waals surface area contributed by atoms with Gasteiger partial charge in [-0.3, -0.25) is 9.59 Å². The molecular formula is C20H28O3. The van der Waals surface area contributed by atoms with E-state index in [1.54, 1.807) is 0 Å². The highest BCUT2D eigenvalue weighted by Gasteiger charge is 2.65. The monoisotopic (exact) mass is 316 g/mol. The Balaban J connectivity index is 1.47. The molecule has 1 aliphatic heterocycles. The molecule has 1 saturated heterocycles. The van der Waals surface area contributed by atoms with Crippen molar-refractivity contribution in [1.82, 2.24) is 0 Å². The first kappa shape index (κ1) is 14.5. The van der Waals surface area contributed by atoms with Crippen LogP contribution in [0.1, 0.15) is 71.1 Å². The molecule has 0 aromatic rings. The van der Waals surface area contributed by atoms with Gasteiger partial charge in [-0.15, -0.1) is 0 Å². The fourth-order valence-corrected chi connectivity index (χ4v) is 7.79. The van der Waals surface area contributed by atoms with Crippen molar-refractivity contribution in [3.63, 3.8) is 0 Å². The van der Waals surface area contributed by atoms with E-state index < -0.39 is 0 Å². The molecular weight excluding hydrogens is 288 g/mol. The third-order valence-corrected chi connectivity index (χ3v) is 8.87. The molecule has 4 saturated carbocycles. The van der Waals surface area contributed by atoms with E-state index in [2.05, 4.69) is 6.92 Å². The van der Waals surface area contributed by atoms with E-state index in [4.69, 9.17) is 4.74 Å². The van der Waals surface area contributed by atoms with Gasteiger partial charge in [0.2, 0.25) is 0 Å². The van der Waals surface area contributed by atoms with E-state index in [1.807, 2.05) is 0 Å². The van der Waals surface area contributed by atoms with Crippen LogP contribution in [0.25, 0.3) is 0 Å². The van der Waals surface area contributed by atoms with Crippen molar-refractivity contribution in [3.8, 4) is 0 Å². The van der Waals surface area contributed by atoms with Crippen molar-refractivity contribution in [2.45, 2.75) is 77.2 Å². The Morgan fingerprint density at radius 1 is 1.00 bits per heavy atom. The van der Waals surface area contributed by atoms with Gasteiger partial charge in [-0.05, 0) is 74.0 Å². The Bertz CT molecular complexity index is 569. The Labute approximate surface area is 138 Å². The molecule has 5 rings (SSSR count). The molecule has 5 aliphatic rings. The largest absolute Gasteiger partial charge is 0.462 e. The zero-order chi connectivity index (χ0) is 15.8. The van der Waals surface area contributed by atoms with Gasteiger partial charge < -0.3 is 4.74 Å². The highest BCUT2D eigenvalue weighted by molar-refractivity contribution is 5.79. The zero-order valence-corrected chi connectivity index (χ0v) is 14.2. The smallest absolute Gasteiger partial charge is 0.306 e. The SMILES string of the molecule is C[C@]12CCC(=O)CC1CCC1C2CC[C@]23CC(=O)O[C@H]2CCC13. The number of rotatable bonds is 0. The highest BCUT2D eigenvalue weighted by atomic mass is 16.6. The lowest BCUT2D eigenvalue weighted by Crippen LogP contribution is -2.54. The summed E-state index contributed by atoms with van der Waals surface area (Å²) in [4.78, 5) is 23.9. The number of hydrogen-bond donors (Lipinski definition) is 0. The van der Waals surface area contributed by atoms with Gasteiger partial charge in [0.15, 0.2) is 0 Å². The number of ether oxygens (including phenoxy) is 1. The summed E-state index contributed by atoms with van der Waals surface area (Å²) in [6.07, 6.45) is 11.0. The number of esters is 1. The van der Waals surface area contributed by atoms with E-state index in [-0.39, 0.29) is 17.5 Å². The summed E-state index contributed by atoms with van der Waals surface area (Å²) < 4.78 is 5.69. The predicted octanol–water partition coefficient (Wildman–Crippen LogP) is 3.89. The van der Waals surface area contributed by atoms with Crippen LogP contribution in [0.4, 0.5) is 0 Å². The Hall–Kier alpha value is -0.860. The van der Waals surface area contributed by atoms with Gasteiger partial charge in [0.05, 0.1) is 6.42 Å². The molecule has 0 radical (unpaired) electrons. The van der Waals surface area contributed by atoms with Crippen LogP contribution in [0.2, 0.25) is 0 Å². The molecule has 4 unspecified atom stereocenters. The molecule has 0 bridgehead atoms. The molecule has 0 N–H and O–H groups in total. The Morgan fingerprint density at radius 3 is 2.74 bits per heavy atom. The molecule has 0 amide bonds. The summed E-state index contributed by atoms with van der Waals surface area (Å²) in [6.45, 7) is 2.49. The summed E-state index contributed by atoms with van der Waals surface area (Å²) >= 11 is 0. The van der Waals surface area contributed by atoms with Crippen LogP contribution in [-0.4, -0.2) is 17.9 Å². The maximum atomic E-state index is 11.9. The number of fused-ring (bicyclic) bond motifs is 4. The van der Waals surface area contributed by atoms with Gasteiger partial charge in [0.25, 0.3) is 0 Å². The maximum absolute atomic E-state index is 11.9. The molecule has 0 aromatic heterocycles. The molecule has 4 aliphatic carbocycles. The van der Waals surface area contributed by atoms with E-state index >= 15 is 0 Å². The summed E-state index contributed by atoms with van der Waals surface area (Å²) in [5, 5.41) is 0. The van der Waals surface area contributed by atoms with Crippen LogP contribution in [0.15, 0.2) is 0 Å². The van der Waals surface area contributed by atoms with Crippen LogP contribution in [0.3, 0.4) is 0 Å². The third-order valence-electron chi connectivity index (χ3n) is 8.87. The van der Waals surface area contributed by atoms with Gasteiger partial charge in [-0.1, -0.05) is 6.92 Å². The average molecular weight is 316 g/mol. The topological polar surface area (TPSA) is 43.4 Å². The number of ketones is 1. The number of carbonyl (C=O) groups excluding carboxylic acids is 2. The normalized spacial score (nSPS) is 54.7. The van der Waals surface area contributed by atoms with Crippen LogP contribution in [-0.2, 0) is 14.3 Å². The summed E-state index contributed by atoms with van der Waals surface area (Å²) in [5.74, 6) is 3.43. The van der Waals surface area contributed by atoms with Crippen LogP contribution >= 0.6 is 0 Å². The summed E-state index contributed by atoms with van der Waals surface area (Å²) in [5.41, 5.74) is 0.561. The fourth-order valence-electron chi connectivity index (χ4n) is 7.79. The van der Waals surface area contributed by atoms with E-state index in [9.17, 15) is 9.59 Å². The molecule has 1 heterocycles. The van der Waals surface area contributed by atoms with Gasteiger partial charge in [0.1, 0.15) is 11.9 Å². The van der Waals surface area contributed by atoms with Crippen LogP contribution < -0.4 is 0 Å². The molecule has 3 nitrogen and oxygen atoms in total.